The molecule has 0 spiro atoms. The normalized spacial score (nSPS) is 23.2. The van der Waals surface area contributed by atoms with Gasteiger partial charge in [-0.2, -0.15) is 0 Å². The summed E-state index contributed by atoms with van der Waals surface area (Å²) < 4.78 is 29.7. The quantitative estimate of drug-likeness (QED) is 0.352. The molecule has 7 nitrogen and oxygen atoms in total. The summed E-state index contributed by atoms with van der Waals surface area (Å²) in [5, 5.41) is 0. The zero-order chi connectivity index (χ0) is 26.0. The van der Waals surface area contributed by atoms with Crippen LogP contribution in [0.3, 0.4) is 0 Å². The molecule has 1 aliphatic rings. The van der Waals surface area contributed by atoms with E-state index in [0.29, 0.717) is 0 Å². The van der Waals surface area contributed by atoms with Gasteiger partial charge < -0.3 is 23.7 Å². The van der Waals surface area contributed by atoms with Crippen LogP contribution in [0.4, 0.5) is 0 Å². The number of hydrogen-bond acceptors (Lipinski definition) is 8. The summed E-state index contributed by atoms with van der Waals surface area (Å²) in [5.41, 5.74) is 1.16. The molecule has 0 unspecified atom stereocenters. The van der Waals surface area contributed by atoms with E-state index in [0.717, 1.165) is 16.0 Å². The molecule has 3 aromatic rings. The molecule has 5 atom stereocenters. The second-order valence-electron chi connectivity index (χ2n) is 8.48. The third-order valence-corrected chi connectivity index (χ3v) is 6.95. The first kappa shape index (κ1) is 26.9. The Kier molecular flexibility index (Phi) is 9.73. The molecule has 1 aliphatic heterocycles. The van der Waals surface area contributed by atoms with Gasteiger partial charge in [0.2, 0.25) is 0 Å². The standard InChI is InChI=1S/C29H30O7S/c1-20(30)35-25-24(33-18-21-12-6-3-7-13-21)26(28(31)32-2)36-29(37-23-16-10-5-11-17-23)27(25)34-19-22-14-8-4-9-15-22/h3-17,24-27,29H,18-19H2,1-2H3/t24-,25-,26-,27-,29+/m0/s1. The van der Waals surface area contributed by atoms with Crippen molar-refractivity contribution in [2.75, 3.05) is 7.11 Å². The number of carbonyl (C=O) groups excluding carboxylic acids is 2. The fraction of sp³-hybridized carbons (Fsp3) is 0.310. The van der Waals surface area contributed by atoms with E-state index in [9.17, 15) is 9.59 Å². The van der Waals surface area contributed by atoms with Gasteiger partial charge in [0.05, 0.1) is 20.3 Å². The van der Waals surface area contributed by atoms with E-state index in [1.165, 1.54) is 25.8 Å². The van der Waals surface area contributed by atoms with E-state index in [-0.39, 0.29) is 13.2 Å². The van der Waals surface area contributed by atoms with Crippen LogP contribution >= 0.6 is 11.8 Å². The predicted octanol–water partition coefficient (Wildman–Crippen LogP) is 4.78. The zero-order valence-electron chi connectivity index (χ0n) is 20.7. The fourth-order valence-electron chi connectivity index (χ4n) is 4.06. The van der Waals surface area contributed by atoms with Gasteiger partial charge in [-0.15, -0.1) is 0 Å². The highest BCUT2D eigenvalue weighted by Gasteiger charge is 2.52. The molecular formula is C29H30O7S. The van der Waals surface area contributed by atoms with Gasteiger partial charge in [0.15, 0.2) is 12.2 Å². The van der Waals surface area contributed by atoms with E-state index >= 15 is 0 Å². The number of carbonyl (C=O) groups is 2. The molecule has 4 rings (SSSR count). The third kappa shape index (κ3) is 7.42. The van der Waals surface area contributed by atoms with Gasteiger partial charge in [0.25, 0.3) is 0 Å². The maximum Gasteiger partial charge on any atom is 0.337 e. The van der Waals surface area contributed by atoms with Gasteiger partial charge in [-0.25, -0.2) is 4.79 Å². The highest BCUT2D eigenvalue weighted by atomic mass is 32.2. The van der Waals surface area contributed by atoms with Crippen LogP contribution in [0, 0.1) is 0 Å². The molecule has 194 valence electrons. The predicted molar refractivity (Wildman–Crippen MR) is 139 cm³/mol. The molecule has 0 N–H and O–H groups in total. The Morgan fingerprint density at radius 2 is 1.27 bits per heavy atom. The topological polar surface area (TPSA) is 80.3 Å². The molecule has 1 fully saturated rings. The van der Waals surface area contributed by atoms with E-state index in [1.54, 1.807) is 0 Å². The van der Waals surface area contributed by atoms with Crippen molar-refractivity contribution >= 4 is 23.7 Å². The molecule has 0 bridgehead atoms. The molecule has 0 aliphatic carbocycles. The average molecular weight is 523 g/mol. The number of esters is 2. The molecule has 37 heavy (non-hydrogen) atoms. The van der Waals surface area contributed by atoms with Crippen molar-refractivity contribution in [1.82, 2.24) is 0 Å². The van der Waals surface area contributed by atoms with Crippen LogP contribution in [0.25, 0.3) is 0 Å². The highest BCUT2D eigenvalue weighted by Crippen LogP contribution is 2.38. The van der Waals surface area contributed by atoms with E-state index in [2.05, 4.69) is 0 Å². The zero-order valence-corrected chi connectivity index (χ0v) is 21.5. The van der Waals surface area contributed by atoms with Gasteiger partial charge >= 0.3 is 11.9 Å². The Hall–Kier alpha value is -3.17. The van der Waals surface area contributed by atoms with Crippen LogP contribution in [0.1, 0.15) is 18.1 Å². The lowest BCUT2D eigenvalue weighted by Gasteiger charge is -2.44. The van der Waals surface area contributed by atoms with Crippen LogP contribution in [0.5, 0.6) is 0 Å². The van der Waals surface area contributed by atoms with Crippen molar-refractivity contribution in [3.8, 4) is 0 Å². The first-order valence-electron chi connectivity index (χ1n) is 12.0. The van der Waals surface area contributed by atoms with Crippen LogP contribution in [-0.4, -0.2) is 48.9 Å². The molecule has 0 saturated carbocycles. The van der Waals surface area contributed by atoms with E-state index in [4.69, 9.17) is 23.7 Å². The lowest BCUT2D eigenvalue weighted by Crippen LogP contribution is -2.61. The molecule has 0 amide bonds. The highest BCUT2D eigenvalue weighted by molar-refractivity contribution is 7.99. The van der Waals surface area contributed by atoms with Gasteiger partial charge in [-0.1, -0.05) is 90.6 Å². The number of thioether (sulfide) groups is 1. The first-order chi connectivity index (χ1) is 18.0. The molecule has 0 aromatic heterocycles. The van der Waals surface area contributed by atoms with Crippen LogP contribution in [-0.2, 0) is 46.5 Å². The smallest absolute Gasteiger partial charge is 0.337 e. The van der Waals surface area contributed by atoms with Crippen molar-refractivity contribution < 1.29 is 33.3 Å². The summed E-state index contributed by atoms with van der Waals surface area (Å²) >= 11 is 1.38. The molecular weight excluding hydrogens is 492 g/mol. The minimum atomic E-state index is -1.13. The maximum atomic E-state index is 12.9. The number of hydrogen-bond donors (Lipinski definition) is 0. The lowest BCUT2D eigenvalue weighted by molar-refractivity contribution is -0.243. The van der Waals surface area contributed by atoms with Gasteiger partial charge in [-0.3, -0.25) is 4.79 Å². The number of benzene rings is 3. The molecule has 1 heterocycles. The van der Waals surface area contributed by atoms with Crippen molar-refractivity contribution in [2.24, 2.45) is 0 Å². The summed E-state index contributed by atoms with van der Waals surface area (Å²) in [6, 6.07) is 28.8. The lowest BCUT2D eigenvalue weighted by atomic mass is 9.98. The summed E-state index contributed by atoms with van der Waals surface area (Å²) in [7, 11) is 1.29. The summed E-state index contributed by atoms with van der Waals surface area (Å²) in [6.07, 6.45) is -3.75. The summed E-state index contributed by atoms with van der Waals surface area (Å²) in [5.74, 6) is -1.13. The largest absolute Gasteiger partial charge is 0.467 e. The molecule has 3 aromatic carbocycles. The van der Waals surface area contributed by atoms with Crippen LogP contribution < -0.4 is 0 Å². The van der Waals surface area contributed by atoms with Crippen molar-refractivity contribution in [2.45, 2.75) is 54.9 Å². The first-order valence-corrected chi connectivity index (χ1v) is 12.9. The number of methoxy groups -OCH3 is 1. The minimum absolute atomic E-state index is 0.183. The van der Waals surface area contributed by atoms with Crippen molar-refractivity contribution in [3.63, 3.8) is 0 Å². The average Bonchev–Trinajstić information content (AvgIpc) is 2.93. The number of rotatable bonds is 10. The maximum absolute atomic E-state index is 12.9. The minimum Gasteiger partial charge on any atom is -0.467 e. The van der Waals surface area contributed by atoms with E-state index in [1.807, 2.05) is 91.0 Å². The Morgan fingerprint density at radius 3 is 1.78 bits per heavy atom. The Morgan fingerprint density at radius 1 is 0.757 bits per heavy atom. The Bertz CT molecular complexity index is 1130. The van der Waals surface area contributed by atoms with E-state index < -0.39 is 41.8 Å². The SMILES string of the molecule is COC(=O)[C@H]1O[C@H](Sc2ccccc2)[C@@H](OCc2ccccc2)[C@@H](OC(C)=O)[C@@H]1OCc1ccccc1. The molecule has 1 saturated heterocycles. The van der Waals surface area contributed by atoms with Gasteiger partial charge in [-0.05, 0) is 23.3 Å². The molecule has 8 heteroatoms. The van der Waals surface area contributed by atoms with Gasteiger partial charge in [0, 0.05) is 11.8 Å². The monoisotopic (exact) mass is 522 g/mol. The summed E-state index contributed by atoms with van der Waals surface area (Å²) in [6.45, 7) is 1.76. The summed E-state index contributed by atoms with van der Waals surface area (Å²) in [4.78, 5) is 26.1. The number of ether oxygens (including phenoxy) is 5. The molecule has 0 radical (unpaired) electrons. The second-order valence-corrected chi connectivity index (χ2v) is 9.65. The van der Waals surface area contributed by atoms with Crippen LogP contribution in [0.2, 0.25) is 0 Å². The second kappa shape index (κ2) is 13.4. The van der Waals surface area contributed by atoms with Gasteiger partial charge in [0.1, 0.15) is 17.6 Å². The Labute approximate surface area is 221 Å². The van der Waals surface area contributed by atoms with Crippen LogP contribution in [0.15, 0.2) is 95.9 Å². The van der Waals surface area contributed by atoms with Crippen molar-refractivity contribution in [3.05, 3.63) is 102 Å². The Balaban J connectivity index is 1.67. The van der Waals surface area contributed by atoms with Crippen molar-refractivity contribution in [1.29, 1.82) is 0 Å². The third-order valence-electron chi connectivity index (χ3n) is 5.80. The fourth-order valence-corrected chi connectivity index (χ4v) is 5.19.